The van der Waals surface area contributed by atoms with E-state index in [0.29, 0.717) is 29.0 Å². The minimum Gasteiger partial charge on any atom is -0.495 e. The second-order valence-electron chi connectivity index (χ2n) is 6.28. The molecule has 1 amide bonds. The number of amides is 1. The van der Waals surface area contributed by atoms with Gasteiger partial charge in [-0.15, -0.1) is 10.2 Å². The SMILES string of the molecule is CCc1ccc(OCc2nnc(SCC(=O)Nc3ccccc3OC)n2C)cc1. The molecular formula is C21H24N4O3S. The van der Waals surface area contributed by atoms with E-state index in [2.05, 4.69) is 22.4 Å². The van der Waals surface area contributed by atoms with Crippen LogP contribution in [0.4, 0.5) is 5.69 Å². The van der Waals surface area contributed by atoms with Crippen LogP contribution in [0.2, 0.25) is 0 Å². The van der Waals surface area contributed by atoms with Crippen LogP contribution in [0.25, 0.3) is 0 Å². The first-order valence-electron chi connectivity index (χ1n) is 9.26. The van der Waals surface area contributed by atoms with Gasteiger partial charge in [0.05, 0.1) is 18.6 Å². The maximum Gasteiger partial charge on any atom is 0.234 e. The first kappa shape index (κ1) is 20.7. The van der Waals surface area contributed by atoms with E-state index in [0.717, 1.165) is 12.2 Å². The summed E-state index contributed by atoms with van der Waals surface area (Å²) in [7, 11) is 3.43. The molecule has 8 heteroatoms. The summed E-state index contributed by atoms with van der Waals surface area (Å²) < 4.78 is 12.9. The molecule has 0 fully saturated rings. The Hall–Kier alpha value is -3.00. The Morgan fingerprint density at radius 2 is 1.90 bits per heavy atom. The predicted octanol–water partition coefficient (Wildman–Crippen LogP) is 3.70. The lowest BCUT2D eigenvalue weighted by atomic mass is 10.2. The van der Waals surface area contributed by atoms with Crippen LogP contribution in [0.5, 0.6) is 11.5 Å². The Balaban J connectivity index is 1.53. The van der Waals surface area contributed by atoms with E-state index in [1.54, 1.807) is 19.2 Å². The second kappa shape index (κ2) is 9.97. The van der Waals surface area contributed by atoms with Crippen molar-refractivity contribution in [3.05, 3.63) is 59.9 Å². The third kappa shape index (κ3) is 5.51. The van der Waals surface area contributed by atoms with Gasteiger partial charge in [0.2, 0.25) is 5.91 Å². The highest BCUT2D eigenvalue weighted by molar-refractivity contribution is 7.99. The molecule has 3 rings (SSSR count). The standard InChI is InChI=1S/C21H24N4O3S/c1-4-15-9-11-16(12-10-15)28-13-19-23-24-21(25(19)2)29-14-20(26)22-17-7-5-6-8-18(17)27-3/h5-12H,4,13-14H2,1-3H3,(H,22,26). The third-order valence-corrected chi connectivity index (χ3v) is 5.36. The smallest absolute Gasteiger partial charge is 0.234 e. The Kier molecular flexibility index (Phi) is 7.13. The topological polar surface area (TPSA) is 78.3 Å². The van der Waals surface area contributed by atoms with E-state index >= 15 is 0 Å². The number of nitrogens with one attached hydrogen (secondary N) is 1. The number of carbonyl (C=O) groups is 1. The molecule has 2 aromatic carbocycles. The zero-order valence-electron chi connectivity index (χ0n) is 16.7. The van der Waals surface area contributed by atoms with E-state index in [1.807, 2.05) is 48.0 Å². The van der Waals surface area contributed by atoms with E-state index in [9.17, 15) is 4.79 Å². The molecule has 0 aliphatic carbocycles. The molecule has 0 aliphatic heterocycles. The van der Waals surface area contributed by atoms with Gasteiger partial charge in [-0.3, -0.25) is 4.79 Å². The summed E-state index contributed by atoms with van der Waals surface area (Å²) in [6, 6.07) is 15.3. The Bertz CT molecular complexity index is 957. The minimum absolute atomic E-state index is 0.142. The predicted molar refractivity (Wildman–Crippen MR) is 114 cm³/mol. The number of thioether (sulfide) groups is 1. The lowest BCUT2D eigenvalue weighted by Gasteiger charge is -2.09. The van der Waals surface area contributed by atoms with Crippen molar-refractivity contribution in [2.75, 3.05) is 18.2 Å². The van der Waals surface area contributed by atoms with E-state index in [-0.39, 0.29) is 11.7 Å². The molecule has 0 radical (unpaired) electrons. The molecule has 7 nitrogen and oxygen atoms in total. The molecule has 1 heterocycles. The van der Waals surface area contributed by atoms with Crippen molar-refractivity contribution in [2.24, 2.45) is 7.05 Å². The number of benzene rings is 2. The van der Waals surface area contributed by atoms with Gasteiger partial charge in [-0.05, 0) is 36.2 Å². The van der Waals surface area contributed by atoms with Crippen LogP contribution < -0.4 is 14.8 Å². The number of anilines is 1. The number of aromatic nitrogens is 3. The van der Waals surface area contributed by atoms with Gasteiger partial charge in [-0.2, -0.15) is 0 Å². The van der Waals surface area contributed by atoms with Crippen molar-refractivity contribution in [1.82, 2.24) is 14.8 Å². The van der Waals surface area contributed by atoms with Crippen LogP contribution in [-0.4, -0.2) is 33.5 Å². The molecule has 0 unspecified atom stereocenters. The summed E-state index contributed by atoms with van der Waals surface area (Å²) in [5.74, 6) is 2.17. The van der Waals surface area contributed by atoms with Crippen LogP contribution in [0.15, 0.2) is 53.7 Å². The molecule has 152 valence electrons. The summed E-state index contributed by atoms with van der Waals surface area (Å²) >= 11 is 1.32. The van der Waals surface area contributed by atoms with Gasteiger partial charge >= 0.3 is 0 Å². The van der Waals surface area contributed by atoms with E-state index in [4.69, 9.17) is 9.47 Å². The molecule has 0 aliphatic rings. The fraction of sp³-hybridized carbons (Fsp3) is 0.286. The number of methoxy groups -OCH3 is 1. The van der Waals surface area contributed by atoms with Crippen molar-refractivity contribution in [1.29, 1.82) is 0 Å². The quantitative estimate of drug-likeness (QED) is 0.540. The molecule has 0 atom stereocenters. The van der Waals surface area contributed by atoms with E-state index in [1.165, 1.54) is 17.3 Å². The summed E-state index contributed by atoms with van der Waals surface area (Å²) in [4.78, 5) is 12.3. The van der Waals surface area contributed by atoms with Crippen molar-refractivity contribution in [2.45, 2.75) is 25.1 Å². The monoisotopic (exact) mass is 412 g/mol. The zero-order chi connectivity index (χ0) is 20.6. The van der Waals surface area contributed by atoms with Gasteiger partial charge in [0.25, 0.3) is 0 Å². The summed E-state index contributed by atoms with van der Waals surface area (Å²) in [5, 5.41) is 11.8. The molecule has 0 spiro atoms. The lowest BCUT2D eigenvalue weighted by molar-refractivity contribution is -0.113. The van der Waals surface area contributed by atoms with Gasteiger partial charge in [-0.25, -0.2) is 0 Å². The van der Waals surface area contributed by atoms with Gasteiger partial charge < -0.3 is 19.4 Å². The van der Waals surface area contributed by atoms with Gasteiger partial charge in [0, 0.05) is 7.05 Å². The maximum atomic E-state index is 12.3. The largest absolute Gasteiger partial charge is 0.495 e. The molecule has 0 saturated carbocycles. The molecule has 0 bridgehead atoms. The van der Waals surface area contributed by atoms with Crippen LogP contribution in [0.3, 0.4) is 0 Å². The normalized spacial score (nSPS) is 10.6. The fourth-order valence-electron chi connectivity index (χ4n) is 2.63. The highest BCUT2D eigenvalue weighted by Gasteiger charge is 2.13. The Labute approximate surface area is 174 Å². The average Bonchev–Trinajstić information content (AvgIpc) is 3.11. The minimum atomic E-state index is -0.142. The van der Waals surface area contributed by atoms with Crippen molar-refractivity contribution >= 4 is 23.4 Å². The van der Waals surface area contributed by atoms with Crippen LogP contribution >= 0.6 is 11.8 Å². The highest BCUT2D eigenvalue weighted by Crippen LogP contribution is 2.24. The van der Waals surface area contributed by atoms with Crippen molar-refractivity contribution < 1.29 is 14.3 Å². The highest BCUT2D eigenvalue weighted by atomic mass is 32.2. The first-order valence-corrected chi connectivity index (χ1v) is 10.2. The van der Waals surface area contributed by atoms with Crippen molar-refractivity contribution in [3.63, 3.8) is 0 Å². The zero-order valence-corrected chi connectivity index (χ0v) is 17.5. The maximum absolute atomic E-state index is 12.3. The lowest BCUT2D eigenvalue weighted by Crippen LogP contribution is -2.15. The summed E-state index contributed by atoms with van der Waals surface area (Å²) in [6.07, 6.45) is 0.995. The number of nitrogens with zero attached hydrogens (tertiary/aromatic N) is 3. The summed E-state index contributed by atoms with van der Waals surface area (Å²) in [6.45, 7) is 2.42. The first-order chi connectivity index (χ1) is 14.1. The number of rotatable bonds is 9. The van der Waals surface area contributed by atoms with Crippen LogP contribution in [0, 0.1) is 0 Å². The number of para-hydroxylation sites is 2. The Morgan fingerprint density at radius 3 is 2.62 bits per heavy atom. The number of hydrogen-bond acceptors (Lipinski definition) is 6. The molecule has 3 aromatic rings. The molecule has 1 aromatic heterocycles. The fourth-order valence-corrected chi connectivity index (χ4v) is 3.36. The summed E-state index contributed by atoms with van der Waals surface area (Å²) in [5.41, 5.74) is 1.91. The number of aryl methyl sites for hydroxylation is 1. The number of hydrogen-bond donors (Lipinski definition) is 1. The number of ether oxygens (including phenoxy) is 2. The molecular weight excluding hydrogens is 388 g/mol. The molecule has 0 saturated heterocycles. The third-order valence-electron chi connectivity index (χ3n) is 4.34. The van der Waals surface area contributed by atoms with Crippen LogP contribution in [-0.2, 0) is 24.9 Å². The van der Waals surface area contributed by atoms with E-state index < -0.39 is 0 Å². The number of carbonyl (C=O) groups excluding carboxylic acids is 1. The average molecular weight is 413 g/mol. The second-order valence-corrected chi connectivity index (χ2v) is 7.22. The van der Waals surface area contributed by atoms with Gasteiger partial charge in [0.1, 0.15) is 18.1 Å². The van der Waals surface area contributed by atoms with Crippen LogP contribution in [0.1, 0.15) is 18.3 Å². The van der Waals surface area contributed by atoms with Crippen molar-refractivity contribution in [3.8, 4) is 11.5 Å². The van der Waals surface area contributed by atoms with Gasteiger partial charge in [-0.1, -0.05) is 43.0 Å². The van der Waals surface area contributed by atoms with Gasteiger partial charge in [0.15, 0.2) is 11.0 Å². The molecule has 1 N–H and O–H groups in total. The molecule has 29 heavy (non-hydrogen) atoms. The Morgan fingerprint density at radius 1 is 1.14 bits per heavy atom.